The second-order valence-corrected chi connectivity index (χ2v) is 4.97. The molecule has 0 radical (unpaired) electrons. The minimum Gasteiger partial charge on any atom is -0.263 e. The van der Waals surface area contributed by atoms with E-state index in [1.165, 1.54) is 25.7 Å². The van der Waals surface area contributed by atoms with Gasteiger partial charge in [-0.1, -0.05) is 33.6 Å². The zero-order valence-electron chi connectivity index (χ0n) is 9.30. The van der Waals surface area contributed by atoms with Crippen LogP contribution in [0.3, 0.4) is 0 Å². The van der Waals surface area contributed by atoms with Crippen LogP contribution in [0.2, 0.25) is 0 Å². The Balaban J connectivity index is 2.23. The summed E-state index contributed by atoms with van der Waals surface area (Å²) in [6.45, 7) is 6.57. The van der Waals surface area contributed by atoms with Gasteiger partial charge in [-0.05, 0) is 12.8 Å². The molecule has 1 aliphatic carbocycles. The van der Waals surface area contributed by atoms with Crippen molar-refractivity contribution in [2.24, 2.45) is 0 Å². The van der Waals surface area contributed by atoms with Crippen LogP contribution >= 0.6 is 0 Å². The lowest BCUT2D eigenvalue weighted by atomic mass is 9.88. The number of nitrogens with one attached hydrogen (secondary N) is 1. The number of hydrogen-bond acceptors (Lipinski definition) is 2. The Morgan fingerprint density at radius 3 is 2.43 bits per heavy atom. The van der Waals surface area contributed by atoms with Gasteiger partial charge in [0.2, 0.25) is 0 Å². The van der Waals surface area contributed by atoms with Crippen LogP contribution < -0.4 is 0 Å². The summed E-state index contributed by atoms with van der Waals surface area (Å²) in [5, 5.41) is 7.40. The van der Waals surface area contributed by atoms with Gasteiger partial charge in [-0.3, -0.25) is 5.10 Å². The zero-order valence-corrected chi connectivity index (χ0v) is 9.30. The van der Waals surface area contributed by atoms with Crippen molar-refractivity contribution in [3.63, 3.8) is 0 Å². The second kappa shape index (κ2) is 3.37. The van der Waals surface area contributed by atoms with Gasteiger partial charge < -0.3 is 0 Å². The number of aromatic nitrogens is 3. The first kappa shape index (κ1) is 9.69. The fourth-order valence-corrected chi connectivity index (χ4v) is 2.18. The average Bonchev–Trinajstić information content (AvgIpc) is 2.71. The Morgan fingerprint density at radius 2 is 1.93 bits per heavy atom. The highest BCUT2D eigenvalue weighted by atomic mass is 15.2. The molecule has 78 valence electrons. The first-order valence-electron chi connectivity index (χ1n) is 5.54. The van der Waals surface area contributed by atoms with Crippen LogP contribution in [-0.2, 0) is 5.41 Å². The number of aromatic amines is 1. The van der Waals surface area contributed by atoms with Crippen LogP contribution in [0.25, 0.3) is 0 Å². The van der Waals surface area contributed by atoms with E-state index in [0.29, 0.717) is 5.92 Å². The molecular weight excluding hydrogens is 174 g/mol. The number of hydrogen-bond donors (Lipinski definition) is 1. The molecule has 2 rings (SSSR count). The minimum absolute atomic E-state index is 0.240. The molecule has 0 aliphatic heterocycles. The van der Waals surface area contributed by atoms with Crippen molar-refractivity contribution in [1.29, 1.82) is 0 Å². The Morgan fingerprint density at radius 1 is 1.29 bits per heavy atom. The summed E-state index contributed by atoms with van der Waals surface area (Å²) in [4.78, 5) is 4.60. The smallest absolute Gasteiger partial charge is 0.156 e. The number of H-pyrrole nitrogens is 1. The molecule has 1 fully saturated rings. The van der Waals surface area contributed by atoms with Crippen molar-refractivity contribution in [2.75, 3.05) is 0 Å². The molecule has 1 N–H and O–H groups in total. The van der Waals surface area contributed by atoms with Crippen LogP contribution in [0, 0.1) is 0 Å². The third-order valence-corrected chi connectivity index (χ3v) is 3.30. The summed E-state index contributed by atoms with van der Waals surface area (Å²) in [7, 11) is 0. The molecule has 1 aliphatic rings. The van der Waals surface area contributed by atoms with Crippen molar-refractivity contribution >= 4 is 0 Å². The van der Waals surface area contributed by atoms with Gasteiger partial charge in [0.1, 0.15) is 5.82 Å². The van der Waals surface area contributed by atoms with Crippen molar-refractivity contribution < 1.29 is 0 Å². The van der Waals surface area contributed by atoms with Gasteiger partial charge in [0.05, 0.1) is 0 Å². The molecule has 1 aromatic heterocycles. The maximum Gasteiger partial charge on any atom is 0.156 e. The Hall–Kier alpha value is -0.860. The van der Waals surface area contributed by atoms with Gasteiger partial charge in [-0.15, -0.1) is 0 Å². The fourth-order valence-electron chi connectivity index (χ4n) is 2.18. The molecule has 0 unspecified atom stereocenters. The molecule has 0 aromatic carbocycles. The van der Waals surface area contributed by atoms with Crippen molar-refractivity contribution in [2.45, 2.75) is 57.8 Å². The van der Waals surface area contributed by atoms with E-state index in [-0.39, 0.29) is 5.41 Å². The van der Waals surface area contributed by atoms with Gasteiger partial charge >= 0.3 is 0 Å². The first-order valence-corrected chi connectivity index (χ1v) is 5.54. The summed E-state index contributed by atoms with van der Waals surface area (Å²) in [6.07, 6.45) is 5.12. The van der Waals surface area contributed by atoms with Crippen LogP contribution in [0.5, 0.6) is 0 Å². The van der Waals surface area contributed by atoms with E-state index >= 15 is 0 Å². The minimum atomic E-state index is 0.240. The van der Waals surface area contributed by atoms with Gasteiger partial charge in [0, 0.05) is 11.3 Å². The van der Waals surface area contributed by atoms with Gasteiger partial charge in [-0.25, -0.2) is 4.98 Å². The normalized spacial score (nSPS) is 20.6. The largest absolute Gasteiger partial charge is 0.263 e. The van der Waals surface area contributed by atoms with E-state index in [1.807, 2.05) is 0 Å². The molecule has 3 nitrogen and oxygen atoms in total. The van der Waals surface area contributed by atoms with E-state index < -0.39 is 0 Å². The Labute approximate surface area is 85.3 Å². The standard InChI is InChI=1S/C11H19N3/c1-8(2)9-12-10(14-13-9)11(3)6-4-5-7-11/h8H,4-7H2,1-3H3,(H,12,13,14). The highest BCUT2D eigenvalue weighted by Crippen LogP contribution is 2.38. The maximum absolute atomic E-state index is 4.60. The van der Waals surface area contributed by atoms with Crippen LogP contribution in [0.1, 0.15) is 64.0 Å². The second-order valence-electron chi connectivity index (χ2n) is 4.97. The molecule has 1 saturated carbocycles. The van der Waals surface area contributed by atoms with E-state index in [1.54, 1.807) is 0 Å². The molecule has 0 amide bonds. The SMILES string of the molecule is CC(C)c1nc(C2(C)CCCC2)n[nH]1. The summed E-state index contributed by atoms with van der Waals surface area (Å²) in [5.74, 6) is 2.49. The van der Waals surface area contributed by atoms with Gasteiger partial charge in [0.15, 0.2) is 5.82 Å². The third-order valence-electron chi connectivity index (χ3n) is 3.30. The van der Waals surface area contributed by atoms with Crippen LogP contribution in [-0.4, -0.2) is 15.2 Å². The molecule has 1 aromatic rings. The monoisotopic (exact) mass is 193 g/mol. The Kier molecular flexibility index (Phi) is 2.33. The topological polar surface area (TPSA) is 41.6 Å². The van der Waals surface area contributed by atoms with E-state index in [0.717, 1.165) is 11.6 Å². The third kappa shape index (κ3) is 1.56. The summed E-state index contributed by atoms with van der Waals surface area (Å²) < 4.78 is 0. The predicted octanol–water partition coefficient (Wildman–Crippen LogP) is 2.76. The van der Waals surface area contributed by atoms with Gasteiger partial charge in [-0.2, -0.15) is 5.10 Å². The van der Waals surface area contributed by atoms with Crippen LogP contribution in [0.4, 0.5) is 0 Å². The van der Waals surface area contributed by atoms with Gasteiger partial charge in [0.25, 0.3) is 0 Å². The van der Waals surface area contributed by atoms with Crippen molar-refractivity contribution in [3.8, 4) is 0 Å². The lowest BCUT2D eigenvalue weighted by Gasteiger charge is -2.18. The maximum atomic E-state index is 4.60. The molecule has 0 bridgehead atoms. The summed E-state index contributed by atoms with van der Waals surface area (Å²) in [6, 6.07) is 0. The predicted molar refractivity (Wildman–Crippen MR) is 56.3 cm³/mol. The zero-order chi connectivity index (χ0) is 10.2. The van der Waals surface area contributed by atoms with E-state index in [9.17, 15) is 0 Å². The molecule has 0 spiro atoms. The molecular formula is C11H19N3. The molecule has 0 saturated heterocycles. The van der Waals surface area contributed by atoms with E-state index in [4.69, 9.17) is 0 Å². The lowest BCUT2D eigenvalue weighted by molar-refractivity contribution is 0.460. The summed E-state index contributed by atoms with van der Waals surface area (Å²) in [5.41, 5.74) is 0.240. The van der Waals surface area contributed by atoms with Crippen LogP contribution in [0.15, 0.2) is 0 Å². The number of rotatable bonds is 2. The molecule has 0 atom stereocenters. The van der Waals surface area contributed by atoms with E-state index in [2.05, 4.69) is 36.0 Å². The highest BCUT2D eigenvalue weighted by Gasteiger charge is 2.34. The number of nitrogens with zero attached hydrogens (tertiary/aromatic N) is 2. The lowest BCUT2D eigenvalue weighted by Crippen LogP contribution is -2.18. The highest BCUT2D eigenvalue weighted by molar-refractivity contribution is 5.09. The van der Waals surface area contributed by atoms with Crippen molar-refractivity contribution in [3.05, 3.63) is 11.6 Å². The quantitative estimate of drug-likeness (QED) is 0.784. The molecule has 3 heteroatoms. The summed E-state index contributed by atoms with van der Waals surface area (Å²) >= 11 is 0. The fraction of sp³-hybridized carbons (Fsp3) is 0.818. The Bertz CT molecular complexity index is 308. The average molecular weight is 193 g/mol. The molecule has 14 heavy (non-hydrogen) atoms. The first-order chi connectivity index (χ1) is 6.62. The van der Waals surface area contributed by atoms with Crippen molar-refractivity contribution in [1.82, 2.24) is 15.2 Å². The molecule has 1 heterocycles.